The Morgan fingerprint density at radius 3 is 2.67 bits per heavy atom. The Morgan fingerprint density at radius 1 is 1.07 bits per heavy atom. The van der Waals surface area contributed by atoms with Crippen LogP contribution in [0.25, 0.3) is 0 Å². The van der Waals surface area contributed by atoms with Gasteiger partial charge in [-0.1, -0.05) is 36.4 Å². The molecule has 1 saturated heterocycles. The molecule has 4 rings (SSSR count). The Bertz CT molecular complexity index is 1130. The van der Waals surface area contributed by atoms with Crippen molar-refractivity contribution in [1.29, 1.82) is 0 Å². The Hall–Kier alpha value is -3.12. The number of carbonyl (C=O) groups is 2. The zero-order chi connectivity index (χ0) is 21.3. The number of anilines is 2. The predicted octanol–water partition coefficient (Wildman–Crippen LogP) is 5.47. The smallest absolute Gasteiger partial charge is 0.255 e. The van der Waals surface area contributed by atoms with Crippen LogP contribution in [0.3, 0.4) is 0 Å². The molecule has 0 spiro atoms. The maximum absolute atomic E-state index is 14.5. The van der Waals surface area contributed by atoms with E-state index >= 15 is 0 Å². The molecular formula is C24H21FN2O2S. The van der Waals surface area contributed by atoms with Gasteiger partial charge in [0.05, 0.1) is 11.4 Å². The van der Waals surface area contributed by atoms with Crippen LogP contribution in [0.2, 0.25) is 0 Å². The van der Waals surface area contributed by atoms with Crippen LogP contribution in [0.4, 0.5) is 15.8 Å². The number of rotatable bonds is 4. The second-order valence-electron chi connectivity index (χ2n) is 7.28. The van der Waals surface area contributed by atoms with Crippen molar-refractivity contribution in [3.63, 3.8) is 0 Å². The highest BCUT2D eigenvalue weighted by Crippen LogP contribution is 2.43. The first-order valence-electron chi connectivity index (χ1n) is 9.61. The molecule has 0 bridgehead atoms. The van der Waals surface area contributed by atoms with E-state index in [2.05, 4.69) is 5.32 Å². The fourth-order valence-corrected chi connectivity index (χ4v) is 4.69. The zero-order valence-electron chi connectivity index (χ0n) is 16.7. The fraction of sp³-hybridized carbons (Fsp3) is 0.167. The summed E-state index contributed by atoms with van der Waals surface area (Å²) in [7, 11) is 0. The minimum atomic E-state index is -0.425. The van der Waals surface area contributed by atoms with Crippen LogP contribution in [0.1, 0.15) is 32.4 Å². The molecule has 1 aliphatic heterocycles. The second kappa shape index (κ2) is 8.32. The van der Waals surface area contributed by atoms with E-state index in [1.807, 2.05) is 50.2 Å². The molecule has 1 heterocycles. The number of aryl methyl sites for hydroxylation is 2. The molecular weight excluding hydrogens is 399 g/mol. The average molecular weight is 421 g/mol. The quantitative estimate of drug-likeness (QED) is 0.609. The average Bonchev–Trinajstić information content (AvgIpc) is 3.11. The Labute approximate surface area is 179 Å². The van der Waals surface area contributed by atoms with E-state index in [-0.39, 0.29) is 28.6 Å². The third kappa shape index (κ3) is 3.96. The van der Waals surface area contributed by atoms with Gasteiger partial charge in [-0.05, 0) is 60.9 Å². The van der Waals surface area contributed by atoms with E-state index in [0.717, 1.165) is 16.7 Å². The molecule has 30 heavy (non-hydrogen) atoms. The normalized spacial score (nSPS) is 16.0. The molecule has 6 heteroatoms. The first kappa shape index (κ1) is 20.2. The Balaban J connectivity index is 1.63. The lowest BCUT2D eigenvalue weighted by molar-refractivity contribution is -0.115. The highest BCUT2D eigenvalue weighted by Gasteiger charge is 2.35. The number of hydrogen-bond acceptors (Lipinski definition) is 3. The monoisotopic (exact) mass is 420 g/mol. The molecule has 0 saturated carbocycles. The largest absolute Gasteiger partial charge is 0.322 e. The standard InChI is InChI=1S/C24H21FN2O2S/c1-15-10-11-20(25)21(12-15)27-22(28)14-30-24(27)17-7-5-8-18(13-17)26-23(29)19-9-4-3-6-16(19)2/h3-13,24H,14H2,1-2H3,(H,26,29)/t24-/m0/s1. The highest BCUT2D eigenvalue weighted by atomic mass is 32.2. The number of nitrogens with zero attached hydrogens (tertiary/aromatic N) is 1. The third-order valence-corrected chi connectivity index (χ3v) is 6.26. The van der Waals surface area contributed by atoms with Gasteiger partial charge in [0.1, 0.15) is 11.2 Å². The van der Waals surface area contributed by atoms with Gasteiger partial charge in [-0.2, -0.15) is 0 Å². The predicted molar refractivity (Wildman–Crippen MR) is 119 cm³/mol. The Morgan fingerprint density at radius 2 is 1.87 bits per heavy atom. The number of halogens is 1. The van der Waals surface area contributed by atoms with E-state index in [1.54, 1.807) is 24.3 Å². The van der Waals surface area contributed by atoms with Crippen molar-refractivity contribution in [2.45, 2.75) is 19.2 Å². The van der Waals surface area contributed by atoms with Crippen molar-refractivity contribution in [3.8, 4) is 0 Å². The minimum Gasteiger partial charge on any atom is -0.322 e. The summed E-state index contributed by atoms with van der Waals surface area (Å²) >= 11 is 1.44. The summed E-state index contributed by atoms with van der Waals surface area (Å²) in [6.07, 6.45) is 0. The van der Waals surface area contributed by atoms with E-state index < -0.39 is 5.82 Å². The van der Waals surface area contributed by atoms with Crippen LogP contribution in [-0.2, 0) is 4.79 Å². The summed E-state index contributed by atoms with van der Waals surface area (Å²) in [5, 5.41) is 2.57. The fourth-order valence-electron chi connectivity index (χ4n) is 3.53. The number of thioether (sulfide) groups is 1. The van der Waals surface area contributed by atoms with Gasteiger partial charge in [0.25, 0.3) is 5.91 Å². The zero-order valence-corrected chi connectivity index (χ0v) is 17.5. The molecule has 2 amide bonds. The summed E-state index contributed by atoms with van der Waals surface area (Å²) in [5.74, 6) is -0.478. The molecule has 1 N–H and O–H groups in total. The van der Waals surface area contributed by atoms with E-state index in [1.165, 1.54) is 22.7 Å². The summed E-state index contributed by atoms with van der Waals surface area (Å²) in [5.41, 5.74) is 4.12. The maximum atomic E-state index is 14.5. The van der Waals surface area contributed by atoms with Crippen molar-refractivity contribution in [3.05, 3.63) is 94.8 Å². The molecule has 0 radical (unpaired) electrons. The van der Waals surface area contributed by atoms with Crippen molar-refractivity contribution in [2.75, 3.05) is 16.0 Å². The lowest BCUT2D eigenvalue weighted by atomic mass is 10.1. The van der Waals surface area contributed by atoms with Crippen molar-refractivity contribution < 1.29 is 14.0 Å². The molecule has 1 aliphatic rings. The molecule has 1 atom stereocenters. The number of nitrogens with one attached hydrogen (secondary N) is 1. The molecule has 0 unspecified atom stereocenters. The number of amides is 2. The van der Waals surface area contributed by atoms with Gasteiger partial charge < -0.3 is 5.32 Å². The molecule has 3 aromatic carbocycles. The van der Waals surface area contributed by atoms with E-state index in [4.69, 9.17) is 0 Å². The van der Waals surface area contributed by atoms with Gasteiger partial charge in [-0.25, -0.2) is 4.39 Å². The van der Waals surface area contributed by atoms with Crippen molar-refractivity contribution in [2.24, 2.45) is 0 Å². The lowest BCUT2D eigenvalue weighted by Crippen LogP contribution is -2.28. The maximum Gasteiger partial charge on any atom is 0.255 e. The highest BCUT2D eigenvalue weighted by molar-refractivity contribution is 8.00. The summed E-state index contributed by atoms with van der Waals surface area (Å²) in [6, 6.07) is 19.5. The van der Waals surface area contributed by atoms with Crippen LogP contribution < -0.4 is 10.2 Å². The molecule has 152 valence electrons. The van der Waals surface area contributed by atoms with E-state index in [9.17, 15) is 14.0 Å². The van der Waals surface area contributed by atoms with Crippen molar-refractivity contribution in [1.82, 2.24) is 0 Å². The molecule has 0 aliphatic carbocycles. The van der Waals surface area contributed by atoms with Crippen LogP contribution >= 0.6 is 11.8 Å². The SMILES string of the molecule is Cc1ccc(F)c(N2C(=O)CS[C@H]2c2cccc(NC(=O)c3ccccc3C)c2)c1. The summed E-state index contributed by atoms with van der Waals surface area (Å²) < 4.78 is 14.5. The number of carbonyl (C=O) groups excluding carboxylic acids is 2. The Kier molecular flexibility index (Phi) is 5.59. The van der Waals surface area contributed by atoms with Crippen molar-refractivity contribution >= 4 is 35.0 Å². The lowest BCUT2D eigenvalue weighted by Gasteiger charge is -2.25. The van der Waals surface area contributed by atoms with Crippen LogP contribution in [-0.4, -0.2) is 17.6 Å². The third-order valence-electron chi connectivity index (χ3n) is 5.05. The number of hydrogen-bond donors (Lipinski definition) is 1. The molecule has 4 nitrogen and oxygen atoms in total. The number of benzene rings is 3. The van der Waals surface area contributed by atoms with Gasteiger partial charge in [-0.3, -0.25) is 14.5 Å². The first-order chi connectivity index (χ1) is 14.4. The second-order valence-corrected chi connectivity index (χ2v) is 8.35. The molecule has 3 aromatic rings. The van der Waals surface area contributed by atoms with Crippen LogP contribution in [0, 0.1) is 19.7 Å². The minimum absolute atomic E-state index is 0.135. The topological polar surface area (TPSA) is 49.4 Å². The summed E-state index contributed by atoms with van der Waals surface area (Å²) in [6.45, 7) is 3.76. The molecule has 1 fully saturated rings. The van der Waals surface area contributed by atoms with Gasteiger partial charge in [0.15, 0.2) is 0 Å². The van der Waals surface area contributed by atoms with Gasteiger partial charge in [0, 0.05) is 11.3 Å². The van der Waals surface area contributed by atoms with Crippen LogP contribution in [0.15, 0.2) is 66.7 Å². The van der Waals surface area contributed by atoms with Gasteiger partial charge in [-0.15, -0.1) is 11.8 Å². The van der Waals surface area contributed by atoms with Crippen LogP contribution in [0.5, 0.6) is 0 Å². The molecule has 0 aromatic heterocycles. The van der Waals surface area contributed by atoms with Gasteiger partial charge in [0.2, 0.25) is 5.91 Å². The first-order valence-corrected chi connectivity index (χ1v) is 10.7. The summed E-state index contributed by atoms with van der Waals surface area (Å²) in [4.78, 5) is 26.7. The van der Waals surface area contributed by atoms with Gasteiger partial charge >= 0.3 is 0 Å². The van der Waals surface area contributed by atoms with E-state index in [0.29, 0.717) is 11.3 Å².